The molecule has 1 aromatic heterocycles. The summed E-state index contributed by atoms with van der Waals surface area (Å²) in [4.78, 5) is 11.6. The molecule has 0 radical (unpaired) electrons. The topological polar surface area (TPSA) is 63.2 Å². The zero-order chi connectivity index (χ0) is 16.2. The normalized spacial score (nSPS) is 10.4. The van der Waals surface area contributed by atoms with E-state index < -0.39 is 0 Å². The van der Waals surface area contributed by atoms with E-state index >= 15 is 0 Å². The van der Waals surface area contributed by atoms with Crippen LogP contribution >= 0.6 is 0 Å². The highest BCUT2D eigenvalue weighted by atomic mass is 16.5. The number of ether oxygens (including phenoxy) is 1. The Bertz CT molecular complexity index is 885. The third kappa shape index (κ3) is 3.09. The molecule has 0 saturated heterocycles. The lowest BCUT2D eigenvalue weighted by molar-refractivity contribution is -0.142. The Labute approximate surface area is 133 Å². The summed E-state index contributed by atoms with van der Waals surface area (Å²) in [5.74, 6) is -0.240. The first-order chi connectivity index (χ1) is 11.2. The van der Waals surface area contributed by atoms with E-state index in [4.69, 9.17) is 14.4 Å². The molecule has 0 N–H and O–H groups in total. The van der Waals surface area contributed by atoms with Gasteiger partial charge in [-0.05, 0) is 42.3 Å². The lowest BCUT2D eigenvalue weighted by atomic mass is 10.0. The van der Waals surface area contributed by atoms with Crippen molar-refractivity contribution in [1.29, 1.82) is 5.26 Å². The highest BCUT2D eigenvalue weighted by Crippen LogP contribution is 2.31. The van der Waals surface area contributed by atoms with Gasteiger partial charge in [0.2, 0.25) is 0 Å². The van der Waals surface area contributed by atoms with Crippen LogP contribution in [0, 0.1) is 11.3 Å². The molecular weight excluding hydrogens is 290 g/mol. The van der Waals surface area contributed by atoms with Gasteiger partial charge in [0.05, 0.1) is 30.9 Å². The van der Waals surface area contributed by atoms with E-state index in [9.17, 15) is 4.79 Å². The first kappa shape index (κ1) is 14.9. The van der Waals surface area contributed by atoms with Gasteiger partial charge in [0.15, 0.2) is 0 Å². The lowest BCUT2D eigenvalue weighted by Gasteiger charge is -2.03. The minimum Gasteiger partial charge on any atom is -0.466 e. The van der Waals surface area contributed by atoms with Crippen molar-refractivity contribution in [2.75, 3.05) is 6.61 Å². The molecule has 0 aliphatic carbocycles. The van der Waals surface area contributed by atoms with Gasteiger partial charge in [-0.3, -0.25) is 4.79 Å². The molecule has 3 aromatic rings. The van der Waals surface area contributed by atoms with Gasteiger partial charge in [-0.1, -0.05) is 18.2 Å². The van der Waals surface area contributed by atoms with Crippen LogP contribution in [-0.2, 0) is 16.0 Å². The molecule has 0 aliphatic heterocycles. The van der Waals surface area contributed by atoms with Crippen molar-refractivity contribution in [1.82, 2.24) is 0 Å². The number of rotatable bonds is 4. The largest absolute Gasteiger partial charge is 0.466 e. The van der Waals surface area contributed by atoms with Crippen molar-refractivity contribution in [2.45, 2.75) is 13.3 Å². The van der Waals surface area contributed by atoms with E-state index in [1.807, 2.05) is 30.3 Å². The van der Waals surface area contributed by atoms with E-state index in [2.05, 4.69) is 6.07 Å². The summed E-state index contributed by atoms with van der Waals surface area (Å²) in [6.45, 7) is 2.17. The summed E-state index contributed by atoms with van der Waals surface area (Å²) in [7, 11) is 0. The zero-order valence-electron chi connectivity index (χ0n) is 12.7. The third-order valence-electron chi connectivity index (χ3n) is 3.62. The van der Waals surface area contributed by atoms with Gasteiger partial charge < -0.3 is 9.15 Å². The van der Waals surface area contributed by atoms with E-state index in [1.54, 1.807) is 25.3 Å². The van der Waals surface area contributed by atoms with Crippen LogP contribution in [0.25, 0.3) is 22.1 Å². The van der Waals surface area contributed by atoms with Crippen LogP contribution in [0.15, 0.2) is 53.1 Å². The molecule has 0 atom stereocenters. The van der Waals surface area contributed by atoms with Crippen LogP contribution in [0.4, 0.5) is 0 Å². The maximum Gasteiger partial charge on any atom is 0.310 e. The molecule has 23 heavy (non-hydrogen) atoms. The maximum absolute atomic E-state index is 11.6. The fourth-order valence-electron chi connectivity index (χ4n) is 2.51. The number of benzene rings is 2. The molecule has 0 saturated carbocycles. The standard InChI is InChI=1S/C19H15NO3/c1-2-22-19(21)10-14-5-8-18-16(9-14)17(12-23-18)15-6-3-13(11-20)4-7-15/h3-9,12H,2,10H2,1H3. The van der Waals surface area contributed by atoms with E-state index in [0.29, 0.717) is 12.2 Å². The van der Waals surface area contributed by atoms with Crippen molar-refractivity contribution >= 4 is 16.9 Å². The predicted molar refractivity (Wildman–Crippen MR) is 86.7 cm³/mol. The molecule has 0 spiro atoms. The van der Waals surface area contributed by atoms with Crippen LogP contribution in [0.5, 0.6) is 0 Å². The molecule has 0 bridgehead atoms. The fraction of sp³-hybridized carbons (Fsp3) is 0.158. The minimum absolute atomic E-state index is 0.238. The molecule has 1 heterocycles. The SMILES string of the molecule is CCOC(=O)Cc1ccc2occ(-c3ccc(C#N)cc3)c2c1. The summed E-state index contributed by atoms with van der Waals surface area (Å²) in [5.41, 5.74) is 4.17. The van der Waals surface area contributed by atoms with E-state index in [1.165, 1.54) is 0 Å². The van der Waals surface area contributed by atoms with Crippen LogP contribution in [0.1, 0.15) is 18.1 Å². The highest BCUT2D eigenvalue weighted by Gasteiger charge is 2.11. The van der Waals surface area contributed by atoms with E-state index in [0.717, 1.165) is 27.7 Å². The minimum atomic E-state index is -0.240. The van der Waals surface area contributed by atoms with Crippen molar-refractivity contribution in [2.24, 2.45) is 0 Å². The zero-order valence-corrected chi connectivity index (χ0v) is 12.7. The first-order valence-electron chi connectivity index (χ1n) is 7.37. The average molecular weight is 305 g/mol. The summed E-state index contributed by atoms with van der Waals surface area (Å²) >= 11 is 0. The molecule has 0 fully saturated rings. The van der Waals surface area contributed by atoms with Crippen molar-refractivity contribution in [3.8, 4) is 17.2 Å². The second-order valence-corrected chi connectivity index (χ2v) is 5.15. The number of furan rings is 1. The molecular formula is C19H15NO3. The Morgan fingerprint density at radius 1 is 1.22 bits per heavy atom. The van der Waals surface area contributed by atoms with Gasteiger partial charge in [-0.2, -0.15) is 5.26 Å². The predicted octanol–water partition coefficient (Wildman–Crippen LogP) is 4.08. The first-order valence-corrected chi connectivity index (χ1v) is 7.37. The van der Waals surface area contributed by atoms with Gasteiger partial charge in [-0.15, -0.1) is 0 Å². The summed E-state index contributed by atoms with van der Waals surface area (Å²) in [5, 5.41) is 9.82. The molecule has 3 rings (SSSR count). The average Bonchev–Trinajstić information content (AvgIpc) is 2.98. The molecule has 114 valence electrons. The molecule has 0 aliphatic rings. The van der Waals surface area contributed by atoms with Crippen molar-refractivity contribution in [3.63, 3.8) is 0 Å². The van der Waals surface area contributed by atoms with Crippen LogP contribution < -0.4 is 0 Å². The van der Waals surface area contributed by atoms with Crippen molar-refractivity contribution < 1.29 is 13.9 Å². The molecule has 0 amide bonds. The number of carbonyl (C=O) groups is 1. The number of hydrogen-bond donors (Lipinski definition) is 0. The highest BCUT2D eigenvalue weighted by molar-refractivity contribution is 5.94. The summed E-state index contributed by atoms with van der Waals surface area (Å²) in [6, 6.07) is 15.1. The van der Waals surface area contributed by atoms with E-state index in [-0.39, 0.29) is 12.4 Å². The number of nitriles is 1. The van der Waals surface area contributed by atoms with Crippen LogP contribution in [0.3, 0.4) is 0 Å². The van der Waals surface area contributed by atoms with Gasteiger partial charge in [-0.25, -0.2) is 0 Å². The number of esters is 1. The van der Waals surface area contributed by atoms with Gasteiger partial charge in [0.1, 0.15) is 5.58 Å². The molecule has 0 unspecified atom stereocenters. The Kier molecular flexibility index (Phi) is 4.11. The number of fused-ring (bicyclic) bond motifs is 1. The number of carbonyl (C=O) groups excluding carboxylic acids is 1. The molecule has 4 nitrogen and oxygen atoms in total. The Morgan fingerprint density at radius 3 is 2.70 bits per heavy atom. The third-order valence-corrected chi connectivity index (χ3v) is 3.62. The molecule has 2 aromatic carbocycles. The Hall–Kier alpha value is -3.06. The summed E-state index contributed by atoms with van der Waals surface area (Å²) in [6.07, 6.45) is 1.93. The van der Waals surface area contributed by atoms with Crippen molar-refractivity contribution in [3.05, 3.63) is 59.9 Å². The van der Waals surface area contributed by atoms with Gasteiger partial charge in [0, 0.05) is 10.9 Å². The van der Waals surface area contributed by atoms with Gasteiger partial charge >= 0.3 is 5.97 Å². The smallest absolute Gasteiger partial charge is 0.310 e. The monoisotopic (exact) mass is 305 g/mol. The lowest BCUT2D eigenvalue weighted by Crippen LogP contribution is -2.07. The number of nitrogens with zero attached hydrogens (tertiary/aromatic N) is 1. The molecule has 4 heteroatoms. The van der Waals surface area contributed by atoms with Crippen LogP contribution in [-0.4, -0.2) is 12.6 Å². The second kappa shape index (κ2) is 6.37. The maximum atomic E-state index is 11.6. The number of hydrogen-bond acceptors (Lipinski definition) is 4. The Balaban J connectivity index is 1.97. The Morgan fingerprint density at radius 2 is 2.00 bits per heavy atom. The second-order valence-electron chi connectivity index (χ2n) is 5.15. The quantitative estimate of drug-likeness (QED) is 0.681. The summed E-state index contributed by atoms with van der Waals surface area (Å²) < 4.78 is 10.6. The van der Waals surface area contributed by atoms with Gasteiger partial charge in [0.25, 0.3) is 0 Å². The van der Waals surface area contributed by atoms with Crippen LogP contribution in [0.2, 0.25) is 0 Å². The fourth-order valence-corrected chi connectivity index (χ4v) is 2.51.